The van der Waals surface area contributed by atoms with Gasteiger partial charge in [-0.25, -0.2) is 0 Å². The van der Waals surface area contributed by atoms with E-state index < -0.39 is 6.10 Å². The van der Waals surface area contributed by atoms with E-state index in [1.54, 1.807) is 0 Å². The van der Waals surface area contributed by atoms with Gasteiger partial charge in [0.25, 0.3) is 0 Å². The zero-order valence-corrected chi connectivity index (χ0v) is 24.3. The zero-order valence-electron chi connectivity index (χ0n) is 24.3. The van der Waals surface area contributed by atoms with Crippen molar-refractivity contribution in [3.05, 3.63) is 75.9 Å². The number of Topliss-reactive ketones (excluding diaryl/α,β-unsaturated/α-hetero) is 1. The van der Waals surface area contributed by atoms with Gasteiger partial charge in [-0.1, -0.05) is 81.3 Å². The molecule has 2 aromatic rings. The Morgan fingerprint density at radius 2 is 1.33 bits per heavy atom. The van der Waals surface area contributed by atoms with Crippen LogP contribution >= 0.6 is 0 Å². The Bertz CT molecular complexity index is 1300. The maximum absolute atomic E-state index is 13.9. The highest BCUT2D eigenvalue weighted by molar-refractivity contribution is 6.04. The molecule has 208 valence electrons. The third-order valence-electron chi connectivity index (χ3n) is 9.53. The summed E-state index contributed by atoms with van der Waals surface area (Å²) in [5.41, 5.74) is 4.92. The van der Waals surface area contributed by atoms with Gasteiger partial charge < -0.3 is 14.9 Å². The molecule has 5 atom stereocenters. The fraction of sp³-hybridized carbons (Fsp3) is 0.514. The fourth-order valence-electron chi connectivity index (χ4n) is 7.32. The number of hydrogen-bond acceptors (Lipinski definition) is 4. The number of ether oxygens (including phenoxy) is 1. The molecule has 0 unspecified atom stereocenters. The van der Waals surface area contributed by atoms with Gasteiger partial charge in [0.1, 0.15) is 28.9 Å². The average molecular weight is 529 g/mol. The van der Waals surface area contributed by atoms with E-state index in [0.29, 0.717) is 34.6 Å². The van der Waals surface area contributed by atoms with Crippen LogP contribution in [-0.2, 0) is 0 Å². The Kier molecular flexibility index (Phi) is 7.68. The number of benzene rings is 2. The summed E-state index contributed by atoms with van der Waals surface area (Å²) < 4.78 is 6.65. The van der Waals surface area contributed by atoms with E-state index in [1.165, 1.54) is 11.1 Å². The number of phenolic OH excluding ortho intramolecular Hbond substituents is 2. The van der Waals surface area contributed by atoms with Crippen molar-refractivity contribution in [3.63, 3.8) is 0 Å². The molecule has 39 heavy (non-hydrogen) atoms. The molecule has 0 aromatic heterocycles. The number of phenols is 2. The molecule has 4 heteroatoms. The van der Waals surface area contributed by atoms with Crippen LogP contribution in [0.1, 0.15) is 119 Å². The van der Waals surface area contributed by atoms with Gasteiger partial charge in [-0.2, -0.15) is 0 Å². The van der Waals surface area contributed by atoms with Crippen molar-refractivity contribution in [3.8, 4) is 17.2 Å². The van der Waals surface area contributed by atoms with Crippen molar-refractivity contribution in [2.24, 2.45) is 23.7 Å². The first-order valence-electron chi connectivity index (χ1n) is 14.8. The van der Waals surface area contributed by atoms with Gasteiger partial charge in [0, 0.05) is 23.0 Å². The lowest BCUT2D eigenvalue weighted by atomic mass is 9.68. The minimum atomic E-state index is -0.457. The van der Waals surface area contributed by atoms with Crippen molar-refractivity contribution < 1.29 is 19.7 Å². The van der Waals surface area contributed by atoms with E-state index in [2.05, 4.69) is 53.7 Å². The Morgan fingerprint density at radius 1 is 0.795 bits per heavy atom. The number of hydrogen-bond donors (Lipinski definition) is 2. The Morgan fingerprint density at radius 3 is 1.87 bits per heavy atom. The third-order valence-corrected chi connectivity index (χ3v) is 9.53. The summed E-state index contributed by atoms with van der Waals surface area (Å²) in [7, 11) is 0. The monoisotopic (exact) mass is 528 g/mol. The molecule has 0 saturated heterocycles. The predicted octanol–water partition coefficient (Wildman–Crippen LogP) is 9.00. The molecule has 2 aromatic carbocycles. The molecule has 4 nitrogen and oxygen atoms in total. The molecule has 1 aliphatic heterocycles. The van der Waals surface area contributed by atoms with Crippen LogP contribution in [-0.4, -0.2) is 16.0 Å². The topological polar surface area (TPSA) is 66.8 Å². The second-order valence-corrected chi connectivity index (χ2v) is 12.8. The average Bonchev–Trinajstić information content (AvgIpc) is 2.88. The van der Waals surface area contributed by atoms with Gasteiger partial charge in [-0.15, -0.1) is 0 Å². The van der Waals surface area contributed by atoms with Gasteiger partial charge in [-0.3, -0.25) is 4.79 Å². The molecule has 3 aliphatic rings. The standard InChI is InChI=1S/C35H44O4/c1-19(2)24-14-12-21(5)16-26(24)30-33(37)31(27-17-22(6)13-15-25(27)20(3)4)35-32(34(30)38)28(36)18-29(39-35)23-10-8-7-9-11-23/h7-11,16-17,19-20,24-27,29,37-38H,12-15,18H2,1-6H3/t24-,25+,26+,27-,29+/m1/s1. The summed E-state index contributed by atoms with van der Waals surface area (Å²) in [4.78, 5) is 13.9. The first kappa shape index (κ1) is 27.6. The summed E-state index contributed by atoms with van der Waals surface area (Å²) >= 11 is 0. The Hall–Kier alpha value is -3.01. The molecule has 2 N–H and O–H groups in total. The summed E-state index contributed by atoms with van der Waals surface area (Å²) in [6.07, 6.45) is 8.23. The largest absolute Gasteiger partial charge is 0.507 e. The highest BCUT2D eigenvalue weighted by Crippen LogP contribution is 2.58. The molecule has 1 heterocycles. The van der Waals surface area contributed by atoms with Crippen LogP contribution in [0.15, 0.2) is 53.6 Å². The number of rotatable bonds is 5. The lowest BCUT2D eigenvalue weighted by Gasteiger charge is -2.39. The smallest absolute Gasteiger partial charge is 0.174 e. The van der Waals surface area contributed by atoms with Gasteiger partial charge in [0.2, 0.25) is 0 Å². The number of allylic oxidation sites excluding steroid dienone is 4. The van der Waals surface area contributed by atoms with Crippen LogP contribution in [0.4, 0.5) is 0 Å². The molecule has 0 spiro atoms. The van der Waals surface area contributed by atoms with Crippen molar-refractivity contribution in [2.75, 3.05) is 0 Å². The van der Waals surface area contributed by atoms with Crippen LogP contribution in [0.25, 0.3) is 0 Å². The lowest BCUT2D eigenvalue weighted by Crippen LogP contribution is -2.27. The van der Waals surface area contributed by atoms with Gasteiger partial charge in [0.15, 0.2) is 5.78 Å². The molecule has 2 aliphatic carbocycles. The quantitative estimate of drug-likeness (QED) is 0.380. The van der Waals surface area contributed by atoms with Crippen molar-refractivity contribution in [1.82, 2.24) is 0 Å². The Balaban J connectivity index is 1.79. The Labute approximate surface area is 233 Å². The molecule has 0 amide bonds. The van der Waals surface area contributed by atoms with Gasteiger partial charge in [-0.05, 0) is 68.8 Å². The normalized spacial score (nSPS) is 27.2. The van der Waals surface area contributed by atoms with E-state index >= 15 is 0 Å². The maximum atomic E-state index is 13.9. The van der Waals surface area contributed by atoms with Gasteiger partial charge >= 0.3 is 0 Å². The summed E-state index contributed by atoms with van der Waals surface area (Å²) in [6, 6.07) is 9.79. The molecule has 5 rings (SSSR count). The van der Waals surface area contributed by atoms with Crippen LogP contribution in [0.2, 0.25) is 0 Å². The van der Waals surface area contributed by atoms with Crippen LogP contribution in [0, 0.1) is 23.7 Å². The second-order valence-electron chi connectivity index (χ2n) is 12.8. The van der Waals surface area contributed by atoms with Crippen LogP contribution < -0.4 is 4.74 Å². The number of carbonyl (C=O) groups is 1. The zero-order chi connectivity index (χ0) is 28.0. The lowest BCUT2D eigenvalue weighted by molar-refractivity contribution is 0.0839. The number of ketones is 1. The van der Waals surface area contributed by atoms with Crippen LogP contribution in [0.5, 0.6) is 17.2 Å². The minimum Gasteiger partial charge on any atom is -0.507 e. The summed E-state index contributed by atoms with van der Waals surface area (Å²) in [6.45, 7) is 13.2. The van der Waals surface area contributed by atoms with Crippen molar-refractivity contribution >= 4 is 5.78 Å². The van der Waals surface area contributed by atoms with Crippen molar-refractivity contribution in [1.29, 1.82) is 0 Å². The molecule has 0 radical (unpaired) electrons. The molecular weight excluding hydrogens is 484 g/mol. The third kappa shape index (κ3) is 5.03. The first-order valence-corrected chi connectivity index (χ1v) is 14.8. The van der Waals surface area contributed by atoms with Crippen LogP contribution in [0.3, 0.4) is 0 Å². The highest BCUT2D eigenvalue weighted by Gasteiger charge is 2.43. The minimum absolute atomic E-state index is 0.0954. The van der Waals surface area contributed by atoms with E-state index in [9.17, 15) is 15.0 Å². The van der Waals surface area contributed by atoms with E-state index in [4.69, 9.17) is 4.74 Å². The number of fused-ring (bicyclic) bond motifs is 1. The maximum Gasteiger partial charge on any atom is 0.174 e. The first-order chi connectivity index (χ1) is 18.6. The summed E-state index contributed by atoms with van der Waals surface area (Å²) in [5.74, 6) is 1.31. The predicted molar refractivity (Wildman–Crippen MR) is 157 cm³/mol. The summed E-state index contributed by atoms with van der Waals surface area (Å²) in [5, 5.41) is 24.1. The molecule has 0 bridgehead atoms. The van der Waals surface area contributed by atoms with Gasteiger partial charge in [0.05, 0.1) is 6.42 Å². The van der Waals surface area contributed by atoms with Crippen molar-refractivity contribution in [2.45, 2.75) is 91.6 Å². The molecule has 0 fully saturated rings. The number of aromatic hydroxyl groups is 2. The highest BCUT2D eigenvalue weighted by atomic mass is 16.5. The second kappa shape index (κ2) is 10.9. The van der Waals surface area contributed by atoms with E-state index in [1.807, 2.05) is 30.3 Å². The fourth-order valence-corrected chi connectivity index (χ4v) is 7.32. The SMILES string of the molecule is CC1=C[C@H](c2c(O)c3c(c([C@@H]4C=C(C)CC[C@H]4C(C)C)c2O)O[C@H](c2ccccc2)CC3=O)[C@@H](C(C)C)CC1. The van der Waals surface area contributed by atoms with E-state index in [0.717, 1.165) is 31.2 Å². The molecular formula is C35H44O4. The van der Waals surface area contributed by atoms with E-state index in [-0.39, 0.29) is 47.0 Å². The number of carbonyl (C=O) groups excluding carboxylic acids is 1. The molecule has 0 saturated carbocycles.